The standard InChI is InChI=1S/C13H16ClFN2O4/c1-3-13(4-2,12(18)19)7-16-10-6-9(15)8(14)5-11(10)17(20)21/h5-6,16H,3-4,7H2,1-2H3,(H,18,19). The topological polar surface area (TPSA) is 92.5 Å². The molecular formula is C13H16ClFN2O4. The predicted molar refractivity (Wildman–Crippen MR) is 77.2 cm³/mol. The van der Waals surface area contributed by atoms with Crippen LogP contribution in [0.4, 0.5) is 15.8 Å². The lowest BCUT2D eigenvalue weighted by Crippen LogP contribution is -2.37. The number of aliphatic carboxylic acids is 1. The summed E-state index contributed by atoms with van der Waals surface area (Å²) in [6.07, 6.45) is 0.686. The van der Waals surface area contributed by atoms with E-state index in [-0.39, 0.29) is 17.3 Å². The quantitative estimate of drug-likeness (QED) is 0.591. The number of carbonyl (C=O) groups is 1. The third kappa shape index (κ3) is 3.60. The Kier molecular flexibility index (Phi) is 5.48. The first kappa shape index (κ1) is 17.2. The van der Waals surface area contributed by atoms with Gasteiger partial charge in [0.2, 0.25) is 0 Å². The van der Waals surface area contributed by atoms with Gasteiger partial charge in [0.25, 0.3) is 5.69 Å². The summed E-state index contributed by atoms with van der Waals surface area (Å²) in [6.45, 7) is 3.39. The molecule has 0 unspecified atom stereocenters. The highest BCUT2D eigenvalue weighted by Crippen LogP contribution is 2.33. The normalized spacial score (nSPS) is 11.2. The summed E-state index contributed by atoms with van der Waals surface area (Å²) < 4.78 is 13.5. The van der Waals surface area contributed by atoms with Crippen LogP contribution in [0.1, 0.15) is 26.7 Å². The van der Waals surface area contributed by atoms with Crippen molar-refractivity contribution in [1.82, 2.24) is 0 Å². The van der Waals surface area contributed by atoms with E-state index in [0.717, 1.165) is 12.1 Å². The summed E-state index contributed by atoms with van der Waals surface area (Å²) in [5.74, 6) is -1.81. The van der Waals surface area contributed by atoms with Gasteiger partial charge in [0.05, 0.1) is 15.4 Å². The zero-order valence-electron chi connectivity index (χ0n) is 11.7. The second kappa shape index (κ2) is 6.71. The maximum absolute atomic E-state index is 13.5. The van der Waals surface area contributed by atoms with Gasteiger partial charge in [0.15, 0.2) is 0 Å². The molecule has 0 heterocycles. The van der Waals surface area contributed by atoms with E-state index in [1.54, 1.807) is 13.8 Å². The SMILES string of the molecule is CCC(CC)(CNc1cc(F)c(Cl)cc1[N+](=O)[O-])C(=O)O. The lowest BCUT2D eigenvalue weighted by atomic mass is 9.82. The largest absolute Gasteiger partial charge is 0.481 e. The van der Waals surface area contributed by atoms with E-state index in [2.05, 4.69) is 5.32 Å². The van der Waals surface area contributed by atoms with Crippen LogP contribution in [0.25, 0.3) is 0 Å². The lowest BCUT2D eigenvalue weighted by Gasteiger charge is -2.27. The van der Waals surface area contributed by atoms with Gasteiger partial charge < -0.3 is 10.4 Å². The van der Waals surface area contributed by atoms with Crippen LogP contribution < -0.4 is 5.32 Å². The van der Waals surface area contributed by atoms with Crippen LogP contribution in [0.3, 0.4) is 0 Å². The second-order valence-corrected chi connectivity index (χ2v) is 5.09. The molecule has 0 bridgehead atoms. The van der Waals surface area contributed by atoms with E-state index in [1.165, 1.54) is 0 Å². The molecule has 0 spiro atoms. The monoisotopic (exact) mass is 318 g/mol. The molecule has 8 heteroatoms. The van der Waals surface area contributed by atoms with E-state index in [1.807, 2.05) is 0 Å². The number of nitro benzene ring substituents is 1. The Labute approximate surface area is 126 Å². The van der Waals surface area contributed by atoms with Gasteiger partial charge in [-0.05, 0) is 12.8 Å². The number of hydrogen-bond acceptors (Lipinski definition) is 4. The molecule has 0 saturated carbocycles. The average Bonchev–Trinajstić information content (AvgIpc) is 2.43. The van der Waals surface area contributed by atoms with Crippen LogP contribution in [-0.4, -0.2) is 22.5 Å². The van der Waals surface area contributed by atoms with Crippen molar-refractivity contribution in [2.24, 2.45) is 5.41 Å². The second-order valence-electron chi connectivity index (χ2n) is 4.69. The molecular weight excluding hydrogens is 303 g/mol. The summed E-state index contributed by atoms with van der Waals surface area (Å²) in [7, 11) is 0. The molecule has 0 fully saturated rings. The molecule has 0 aliphatic carbocycles. The fourth-order valence-corrected chi connectivity index (χ4v) is 2.13. The molecule has 1 aromatic rings. The molecule has 0 aliphatic rings. The third-order valence-electron chi connectivity index (χ3n) is 3.66. The fraction of sp³-hybridized carbons (Fsp3) is 0.462. The Balaban J connectivity index is 3.10. The zero-order chi connectivity index (χ0) is 16.2. The van der Waals surface area contributed by atoms with Crippen LogP contribution >= 0.6 is 11.6 Å². The summed E-state index contributed by atoms with van der Waals surface area (Å²) in [5, 5.41) is 22.6. The van der Waals surface area contributed by atoms with Crippen LogP contribution in [-0.2, 0) is 4.79 Å². The summed E-state index contributed by atoms with van der Waals surface area (Å²) in [6, 6.07) is 1.80. The number of halogens is 2. The van der Waals surface area contributed by atoms with Crippen LogP contribution in [0.2, 0.25) is 5.02 Å². The van der Waals surface area contributed by atoms with Crippen molar-refractivity contribution in [2.75, 3.05) is 11.9 Å². The number of nitrogens with one attached hydrogen (secondary N) is 1. The number of carboxylic acids is 1. The van der Waals surface area contributed by atoms with Gasteiger partial charge >= 0.3 is 5.97 Å². The number of carboxylic acid groups (broad SMARTS) is 1. The number of nitro groups is 1. The molecule has 0 aliphatic heterocycles. The molecule has 116 valence electrons. The molecule has 6 nitrogen and oxygen atoms in total. The Morgan fingerprint density at radius 2 is 2.05 bits per heavy atom. The van der Waals surface area contributed by atoms with E-state index in [9.17, 15) is 24.4 Å². The number of anilines is 1. The third-order valence-corrected chi connectivity index (χ3v) is 3.95. The van der Waals surface area contributed by atoms with Crippen LogP contribution in [0.15, 0.2) is 12.1 Å². The van der Waals surface area contributed by atoms with Crippen LogP contribution in [0.5, 0.6) is 0 Å². The Hall–Kier alpha value is -1.89. The van der Waals surface area contributed by atoms with Gasteiger partial charge in [0.1, 0.15) is 11.5 Å². The molecule has 21 heavy (non-hydrogen) atoms. The van der Waals surface area contributed by atoms with Crippen molar-refractivity contribution in [1.29, 1.82) is 0 Å². The fourth-order valence-electron chi connectivity index (χ4n) is 1.97. The highest BCUT2D eigenvalue weighted by Gasteiger charge is 2.35. The van der Waals surface area contributed by atoms with Crippen molar-refractivity contribution in [3.63, 3.8) is 0 Å². The number of benzene rings is 1. The molecule has 0 saturated heterocycles. The molecule has 0 radical (unpaired) electrons. The molecule has 2 N–H and O–H groups in total. The van der Waals surface area contributed by atoms with Gasteiger partial charge in [-0.15, -0.1) is 0 Å². The summed E-state index contributed by atoms with van der Waals surface area (Å²) >= 11 is 5.52. The van der Waals surface area contributed by atoms with Gasteiger partial charge in [0, 0.05) is 18.7 Å². The Morgan fingerprint density at radius 3 is 2.48 bits per heavy atom. The predicted octanol–water partition coefficient (Wildman–Crippen LogP) is 3.69. The summed E-state index contributed by atoms with van der Waals surface area (Å²) in [5.41, 5.74) is -1.55. The van der Waals surface area contributed by atoms with E-state index in [0.29, 0.717) is 12.8 Å². The highest BCUT2D eigenvalue weighted by molar-refractivity contribution is 6.31. The molecule has 0 atom stereocenters. The average molecular weight is 319 g/mol. The van der Waals surface area contributed by atoms with E-state index in [4.69, 9.17) is 11.6 Å². The van der Waals surface area contributed by atoms with Gasteiger partial charge in [-0.2, -0.15) is 0 Å². The number of rotatable bonds is 7. The maximum Gasteiger partial charge on any atom is 0.311 e. The Morgan fingerprint density at radius 1 is 1.48 bits per heavy atom. The minimum atomic E-state index is -1.07. The van der Waals surface area contributed by atoms with Crippen molar-refractivity contribution < 1.29 is 19.2 Å². The van der Waals surface area contributed by atoms with Crippen LogP contribution in [0, 0.1) is 21.3 Å². The molecule has 1 aromatic carbocycles. The lowest BCUT2D eigenvalue weighted by molar-refractivity contribution is -0.384. The minimum Gasteiger partial charge on any atom is -0.481 e. The number of hydrogen-bond donors (Lipinski definition) is 2. The molecule has 1 rings (SSSR count). The Bertz CT molecular complexity index is 561. The van der Waals surface area contributed by atoms with Gasteiger partial charge in [-0.1, -0.05) is 25.4 Å². The van der Waals surface area contributed by atoms with Crippen molar-refractivity contribution in [3.05, 3.63) is 33.1 Å². The first-order valence-corrected chi connectivity index (χ1v) is 6.76. The molecule has 0 aromatic heterocycles. The van der Waals surface area contributed by atoms with E-state index >= 15 is 0 Å². The van der Waals surface area contributed by atoms with Gasteiger partial charge in [-0.3, -0.25) is 14.9 Å². The van der Waals surface area contributed by atoms with Crippen molar-refractivity contribution >= 4 is 28.9 Å². The molecule has 0 amide bonds. The maximum atomic E-state index is 13.5. The van der Waals surface area contributed by atoms with E-state index < -0.39 is 27.8 Å². The smallest absolute Gasteiger partial charge is 0.311 e. The van der Waals surface area contributed by atoms with Crippen molar-refractivity contribution in [2.45, 2.75) is 26.7 Å². The van der Waals surface area contributed by atoms with Crippen molar-refractivity contribution in [3.8, 4) is 0 Å². The van der Waals surface area contributed by atoms with Gasteiger partial charge in [-0.25, -0.2) is 4.39 Å². The number of nitrogens with zero attached hydrogens (tertiary/aromatic N) is 1. The zero-order valence-corrected chi connectivity index (χ0v) is 12.4. The first-order chi connectivity index (χ1) is 9.77. The minimum absolute atomic E-state index is 0.0444. The summed E-state index contributed by atoms with van der Waals surface area (Å²) in [4.78, 5) is 21.6. The first-order valence-electron chi connectivity index (χ1n) is 6.38. The highest BCUT2D eigenvalue weighted by atomic mass is 35.5.